The minimum absolute atomic E-state index is 0.146. The highest BCUT2D eigenvalue weighted by Gasteiger charge is 2.07. The molecular weight excluding hydrogens is 230 g/mol. The van der Waals surface area contributed by atoms with Crippen molar-refractivity contribution in [2.45, 2.75) is 6.54 Å². The Morgan fingerprint density at radius 2 is 2.06 bits per heavy atom. The fraction of sp³-hybridized carbons (Fsp3) is 0.0909. The van der Waals surface area contributed by atoms with Crippen molar-refractivity contribution in [1.29, 1.82) is 0 Å². The molecule has 0 aliphatic heterocycles. The maximum absolute atomic E-state index is 13.3. The monoisotopic (exact) mass is 240 g/mol. The molecule has 5 heteroatoms. The van der Waals surface area contributed by atoms with E-state index >= 15 is 0 Å². The molecule has 0 fully saturated rings. The number of hydrogen-bond donors (Lipinski definition) is 2. The van der Waals surface area contributed by atoms with Crippen LogP contribution in [-0.4, -0.2) is 0 Å². The third-order valence-corrected chi connectivity index (χ3v) is 3.11. The van der Waals surface area contributed by atoms with E-state index in [9.17, 15) is 8.78 Å². The highest BCUT2D eigenvalue weighted by atomic mass is 32.1. The van der Waals surface area contributed by atoms with Crippen LogP contribution in [0.3, 0.4) is 0 Å². The minimum atomic E-state index is -0.863. The average Bonchev–Trinajstić information content (AvgIpc) is 2.67. The molecule has 16 heavy (non-hydrogen) atoms. The SMILES string of the molecule is Nc1ccsc1CNc1cccc(F)c1F. The maximum Gasteiger partial charge on any atom is 0.181 e. The van der Waals surface area contributed by atoms with E-state index in [0.29, 0.717) is 12.2 Å². The van der Waals surface area contributed by atoms with E-state index in [1.165, 1.54) is 23.5 Å². The third kappa shape index (κ3) is 2.14. The summed E-state index contributed by atoms with van der Waals surface area (Å²) in [7, 11) is 0. The Labute approximate surface area is 95.7 Å². The lowest BCUT2D eigenvalue weighted by Gasteiger charge is -2.07. The van der Waals surface area contributed by atoms with E-state index in [1.807, 2.05) is 5.38 Å². The quantitative estimate of drug-likeness (QED) is 0.864. The van der Waals surface area contributed by atoms with Crippen LogP contribution in [0.15, 0.2) is 29.6 Å². The minimum Gasteiger partial charge on any atom is -0.398 e. The number of nitrogens with two attached hydrogens (primary N) is 1. The number of nitrogens with one attached hydrogen (secondary N) is 1. The average molecular weight is 240 g/mol. The predicted octanol–water partition coefficient (Wildman–Crippen LogP) is 3.22. The van der Waals surface area contributed by atoms with Crippen molar-refractivity contribution >= 4 is 22.7 Å². The van der Waals surface area contributed by atoms with E-state index in [4.69, 9.17) is 5.73 Å². The van der Waals surface area contributed by atoms with E-state index in [0.717, 1.165) is 10.9 Å². The topological polar surface area (TPSA) is 38.0 Å². The summed E-state index contributed by atoms with van der Waals surface area (Å²) in [5, 5.41) is 4.67. The van der Waals surface area contributed by atoms with Crippen molar-refractivity contribution in [2.75, 3.05) is 11.1 Å². The Kier molecular flexibility index (Phi) is 3.05. The van der Waals surface area contributed by atoms with Crippen molar-refractivity contribution < 1.29 is 8.78 Å². The van der Waals surface area contributed by atoms with Gasteiger partial charge in [0.2, 0.25) is 0 Å². The lowest BCUT2D eigenvalue weighted by atomic mass is 10.3. The van der Waals surface area contributed by atoms with Crippen LogP contribution < -0.4 is 11.1 Å². The highest BCUT2D eigenvalue weighted by molar-refractivity contribution is 7.10. The van der Waals surface area contributed by atoms with Crippen molar-refractivity contribution in [3.05, 3.63) is 46.2 Å². The lowest BCUT2D eigenvalue weighted by molar-refractivity contribution is 0.511. The Bertz CT molecular complexity index is 496. The van der Waals surface area contributed by atoms with Gasteiger partial charge in [0.1, 0.15) is 0 Å². The molecule has 1 aromatic carbocycles. The van der Waals surface area contributed by atoms with Gasteiger partial charge >= 0.3 is 0 Å². The van der Waals surface area contributed by atoms with Gasteiger partial charge < -0.3 is 11.1 Å². The molecule has 0 aliphatic rings. The Hall–Kier alpha value is -1.62. The summed E-state index contributed by atoms with van der Waals surface area (Å²) in [6, 6.07) is 5.81. The number of thiophene rings is 1. The maximum atomic E-state index is 13.3. The van der Waals surface area contributed by atoms with Gasteiger partial charge in [-0.25, -0.2) is 8.78 Å². The summed E-state index contributed by atoms with van der Waals surface area (Å²) in [6.45, 7) is 0.393. The van der Waals surface area contributed by atoms with Gasteiger partial charge in [-0.1, -0.05) is 6.07 Å². The largest absolute Gasteiger partial charge is 0.398 e. The molecule has 0 bridgehead atoms. The molecule has 0 unspecified atom stereocenters. The fourth-order valence-corrected chi connectivity index (χ4v) is 2.05. The molecule has 1 heterocycles. The van der Waals surface area contributed by atoms with E-state index < -0.39 is 11.6 Å². The van der Waals surface area contributed by atoms with Crippen LogP contribution >= 0.6 is 11.3 Å². The first-order valence-electron chi connectivity index (χ1n) is 4.68. The van der Waals surface area contributed by atoms with Crippen molar-refractivity contribution in [2.24, 2.45) is 0 Å². The van der Waals surface area contributed by atoms with Crippen LogP contribution in [0.2, 0.25) is 0 Å². The van der Waals surface area contributed by atoms with Gasteiger partial charge in [0.05, 0.1) is 12.2 Å². The zero-order chi connectivity index (χ0) is 11.5. The van der Waals surface area contributed by atoms with Crippen LogP contribution in [0.5, 0.6) is 0 Å². The highest BCUT2D eigenvalue weighted by Crippen LogP contribution is 2.22. The Morgan fingerprint density at radius 3 is 2.75 bits per heavy atom. The second kappa shape index (κ2) is 4.49. The van der Waals surface area contributed by atoms with Crippen LogP contribution in [0.4, 0.5) is 20.2 Å². The molecule has 0 spiro atoms. The first-order chi connectivity index (χ1) is 7.68. The molecule has 2 aromatic rings. The van der Waals surface area contributed by atoms with E-state index in [2.05, 4.69) is 5.32 Å². The van der Waals surface area contributed by atoms with Crippen LogP contribution in [0.25, 0.3) is 0 Å². The van der Waals surface area contributed by atoms with E-state index in [-0.39, 0.29) is 5.69 Å². The van der Waals surface area contributed by atoms with Crippen LogP contribution in [-0.2, 0) is 6.54 Å². The van der Waals surface area contributed by atoms with Gasteiger partial charge in [-0.15, -0.1) is 11.3 Å². The Morgan fingerprint density at radius 1 is 1.25 bits per heavy atom. The molecule has 0 saturated heterocycles. The van der Waals surface area contributed by atoms with Gasteiger partial charge in [-0.3, -0.25) is 0 Å². The molecule has 84 valence electrons. The second-order valence-corrected chi connectivity index (χ2v) is 4.25. The van der Waals surface area contributed by atoms with Crippen molar-refractivity contribution in [3.63, 3.8) is 0 Å². The normalized spacial score (nSPS) is 10.4. The smallest absolute Gasteiger partial charge is 0.181 e. The lowest BCUT2D eigenvalue weighted by Crippen LogP contribution is -2.02. The Balaban J connectivity index is 2.11. The standard InChI is InChI=1S/C11H10F2N2S/c12-7-2-1-3-9(11(7)13)15-6-10-8(14)4-5-16-10/h1-5,15H,6,14H2. The summed E-state index contributed by atoms with van der Waals surface area (Å²) in [5.41, 5.74) is 6.48. The molecule has 0 saturated carbocycles. The summed E-state index contributed by atoms with van der Waals surface area (Å²) in [4.78, 5) is 0.906. The number of anilines is 2. The van der Waals surface area contributed by atoms with Crippen molar-refractivity contribution in [1.82, 2.24) is 0 Å². The second-order valence-electron chi connectivity index (χ2n) is 3.25. The fourth-order valence-electron chi connectivity index (χ4n) is 1.31. The number of hydrogen-bond acceptors (Lipinski definition) is 3. The molecule has 0 radical (unpaired) electrons. The zero-order valence-electron chi connectivity index (χ0n) is 8.34. The van der Waals surface area contributed by atoms with Gasteiger partial charge in [0.15, 0.2) is 11.6 Å². The molecular formula is C11H10F2N2S. The predicted molar refractivity (Wildman–Crippen MR) is 62.4 cm³/mol. The first-order valence-corrected chi connectivity index (χ1v) is 5.56. The summed E-state index contributed by atoms with van der Waals surface area (Å²) < 4.78 is 26.2. The van der Waals surface area contributed by atoms with E-state index in [1.54, 1.807) is 6.07 Å². The molecule has 1 aromatic heterocycles. The third-order valence-electron chi connectivity index (χ3n) is 2.17. The molecule has 0 aliphatic carbocycles. The van der Waals surface area contributed by atoms with Crippen LogP contribution in [0.1, 0.15) is 4.88 Å². The summed E-state index contributed by atoms with van der Waals surface area (Å²) in [5.74, 6) is -1.72. The summed E-state index contributed by atoms with van der Waals surface area (Å²) in [6.07, 6.45) is 0. The molecule has 2 rings (SSSR count). The number of halogens is 2. The van der Waals surface area contributed by atoms with Gasteiger partial charge in [0, 0.05) is 10.6 Å². The van der Waals surface area contributed by atoms with Gasteiger partial charge in [0.25, 0.3) is 0 Å². The van der Waals surface area contributed by atoms with Gasteiger partial charge in [-0.05, 0) is 23.6 Å². The number of benzene rings is 1. The molecule has 3 N–H and O–H groups in total. The number of rotatable bonds is 3. The van der Waals surface area contributed by atoms with Gasteiger partial charge in [-0.2, -0.15) is 0 Å². The molecule has 2 nitrogen and oxygen atoms in total. The first kappa shape index (κ1) is 10.9. The molecule has 0 amide bonds. The number of nitrogen functional groups attached to an aromatic ring is 1. The van der Waals surface area contributed by atoms with Crippen molar-refractivity contribution in [3.8, 4) is 0 Å². The molecule has 0 atom stereocenters. The summed E-state index contributed by atoms with van der Waals surface area (Å²) >= 11 is 1.48. The zero-order valence-corrected chi connectivity index (χ0v) is 9.15. The van der Waals surface area contributed by atoms with Crippen LogP contribution in [0, 0.1) is 11.6 Å².